The van der Waals surface area contributed by atoms with Crippen LogP contribution in [0.25, 0.3) is 0 Å². The SMILES string of the molecule is CC(C)(C)n1cc(CNC2CCN(C(=O)c3ccoc3)CC2)cn1. The number of piperidine rings is 1. The number of carbonyl (C=O) groups excluding carboxylic acids is 1. The number of hydrogen-bond donors (Lipinski definition) is 1. The van der Waals surface area contributed by atoms with Crippen molar-refractivity contribution in [2.24, 2.45) is 0 Å². The Bertz CT molecular complexity index is 662. The van der Waals surface area contributed by atoms with Crippen LogP contribution in [0.3, 0.4) is 0 Å². The zero-order valence-electron chi connectivity index (χ0n) is 14.7. The fourth-order valence-corrected chi connectivity index (χ4v) is 2.94. The van der Waals surface area contributed by atoms with Gasteiger partial charge in [0.25, 0.3) is 5.91 Å². The molecule has 0 atom stereocenters. The van der Waals surface area contributed by atoms with Crippen LogP contribution in [-0.4, -0.2) is 39.7 Å². The van der Waals surface area contributed by atoms with Crippen LogP contribution in [0.15, 0.2) is 35.4 Å². The monoisotopic (exact) mass is 330 g/mol. The van der Waals surface area contributed by atoms with Gasteiger partial charge in [0.05, 0.1) is 23.6 Å². The highest BCUT2D eigenvalue weighted by molar-refractivity contribution is 5.93. The molecule has 6 nitrogen and oxygen atoms in total. The van der Waals surface area contributed by atoms with Gasteiger partial charge < -0.3 is 14.6 Å². The van der Waals surface area contributed by atoms with Crippen LogP contribution in [0.2, 0.25) is 0 Å². The molecule has 0 spiro atoms. The number of rotatable bonds is 4. The van der Waals surface area contributed by atoms with Crippen LogP contribution in [-0.2, 0) is 12.1 Å². The smallest absolute Gasteiger partial charge is 0.257 e. The first-order valence-corrected chi connectivity index (χ1v) is 8.52. The molecule has 0 unspecified atom stereocenters. The molecule has 0 saturated carbocycles. The van der Waals surface area contributed by atoms with Gasteiger partial charge in [-0.1, -0.05) is 0 Å². The third kappa shape index (κ3) is 3.87. The Kier molecular flexibility index (Phi) is 4.76. The van der Waals surface area contributed by atoms with E-state index in [0.29, 0.717) is 11.6 Å². The number of furan rings is 1. The predicted molar refractivity (Wildman–Crippen MR) is 91.7 cm³/mol. The first-order chi connectivity index (χ1) is 11.4. The minimum absolute atomic E-state index is 0.0109. The largest absolute Gasteiger partial charge is 0.472 e. The van der Waals surface area contributed by atoms with Crippen LogP contribution in [0.5, 0.6) is 0 Å². The van der Waals surface area contributed by atoms with Gasteiger partial charge in [-0.25, -0.2) is 0 Å². The molecule has 1 N–H and O–H groups in total. The van der Waals surface area contributed by atoms with E-state index >= 15 is 0 Å². The van der Waals surface area contributed by atoms with Gasteiger partial charge in [-0.15, -0.1) is 0 Å². The number of nitrogens with zero attached hydrogens (tertiary/aromatic N) is 3. The number of likely N-dealkylation sites (tertiary alicyclic amines) is 1. The molecule has 6 heteroatoms. The number of aromatic nitrogens is 2. The lowest BCUT2D eigenvalue weighted by Crippen LogP contribution is -2.44. The van der Waals surface area contributed by atoms with Crippen LogP contribution >= 0.6 is 0 Å². The molecule has 2 aromatic heterocycles. The summed E-state index contributed by atoms with van der Waals surface area (Å²) < 4.78 is 6.99. The Morgan fingerprint density at radius 3 is 2.71 bits per heavy atom. The van der Waals surface area contributed by atoms with Crippen molar-refractivity contribution in [1.82, 2.24) is 20.0 Å². The highest BCUT2D eigenvalue weighted by atomic mass is 16.3. The van der Waals surface area contributed by atoms with E-state index in [0.717, 1.165) is 32.5 Å². The summed E-state index contributed by atoms with van der Waals surface area (Å²) in [5.74, 6) is 0.0636. The number of amides is 1. The standard InChI is InChI=1S/C18H26N4O2/c1-18(2,3)22-12-14(11-20-22)10-19-16-4-7-21(8-5-16)17(23)15-6-9-24-13-15/h6,9,11-13,16,19H,4-5,7-8,10H2,1-3H3. The molecular weight excluding hydrogens is 304 g/mol. The third-order valence-electron chi connectivity index (χ3n) is 4.47. The lowest BCUT2D eigenvalue weighted by molar-refractivity contribution is 0.0704. The molecule has 3 heterocycles. The zero-order valence-corrected chi connectivity index (χ0v) is 14.7. The Labute approximate surface area is 142 Å². The molecule has 1 amide bonds. The molecule has 2 aromatic rings. The summed E-state index contributed by atoms with van der Waals surface area (Å²) in [6.07, 6.45) is 9.02. The summed E-state index contributed by atoms with van der Waals surface area (Å²) >= 11 is 0. The molecule has 1 aliphatic rings. The van der Waals surface area contributed by atoms with E-state index in [2.05, 4.69) is 37.4 Å². The van der Waals surface area contributed by atoms with Gasteiger partial charge in [-0.2, -0.15) is 5.10 Å². The fourth-order valence-electron chi connectivity index (χ4n) is 2.94. The molecular formula is C18H26N4O2. The normalized spacial score (nSPS) is 16.5. The van der Waals surface area contributed by atoms with Crippen LogP contribution in [0.4, 0.5) is 0 Å². The molecule has 1 fully saturated rings. The molecule has 0 bridgehead atoms. The molecule has 1 saturated heterocycles. The summed E-state index contributed by atoms with van der Waals surface area (Å²) in [6.45, 7) is 8.81. The van der Waals surface area contributed by atoms with Crippen molar-refractivity contribution in [3.8, 4) is 0 Å². The zero-order chi connectivity index (χ0) is 17.2. The second kappa shape index (κ2) is 6.81. The highest BCUT2D eigenvalue weighted by Crippen LogP contribution is 2.16. The van der Waals surface area contributed by atoms with Gasteiger partial charge in [0.2, 0.25) is 0 Å². The van der Waals surface area contributed by atoms with E-state index in [9.17, 15) is 4.79 Å². The van der Waals surface area contributed by atoms with E-state index < -0.39 is 0 Å². The molecule has 0 radical (unpaired) electrons. The van der Waals surface area contributed by atoms with Crippen molar-refractivity contribution in [2.75, 3.05) is 13.1 Å². The van der Waals surface area contributed by atoms with Gasteiger partial charge >= 0.3 is 0 Å². The second-order valence-corrected chi connectivity index (χ2v) is 7.42. The maximum absolute atomic E-state index is 12.3. The summed E-state index contributed by atoms with van der Waals surface area (Å²) in [6, 6.07) is 2.16. The van der Waals surface area contributed by atoms with E-state index in [1.165, 1.54) is 11.8 Å². The third-order valence-corrected chi connectivity index (χ3v) is 4.47. The maximum Gasteiger partial charge on any atom is 0.257 e. The van der Waals surface area contributed by atoms with E-state index in [1.54, 1.807) is 12.3 Å². The quantitative estimate of drug-likeness (QED) is 0.936. The van der Waals surface area contributed by atoms with Gasteiger partial charge in [0, 0.05) is 37.4 Å². The van der Waals surface area contributed by atoms with E-state index in [4.69, 9.17) is 4.42 Å². The number of hydrogen-bond acceptors (Lipinski definition) is 4. The molecule has 24 heavy (non-hydrogen) atoms. The molecule has 1 aliphatic heterocycles. The van der Waals surface area contributed by atoms with Crippen LogP contribution < -0.4 is 5.32 Å². The van der Waals surface area contributed by atoms with Crippen molar-refractivity contribution in [3.63, 3.8) is 0 Å². The first kappa shape index (κ1) is 16.8. The Balaban J connectivity index is 1.46. The van der Waals surface area contributed by atoms with Crippen LogP contribution in [0.1, 0.15) is 49.5 Å². The fraction of sp³-hybridized carbons (Fsp3) is 0.556. The van der Waals surface area contributed by atoms with Crippen molar-refractivity contribution in [2.45, 2.75) is 51.7 Å². The van der Waals surface area contributed by atoms with Crippen LogP contribution in [0, 0.1) is 0 Å². The minimum Gasteiger partial charge on any atom is -0.472 e. The van der Waals surface area contributed by atoms with Gasteiger partial charge in [-0.3, -0.25) is 9.48 Å². The Morgan fingerprint density at radius 2 is 2.12 bits per heavy atom. The summed E-state index contributed by atoms with van der Waals surface area (Å²) in [4.78, 5) is 14.2. The van der Waals surface area contributed by atoms with E-state index in [-0.39, 0.29) is 11.4 Å². The first-order valence-electron chi connectivity index (χ1n) is 8.52. The molecule has 0 aromatic carbocycles. The maximum atomic E-state index is 12.3. The Hall–Kier alpha value is -2.08. The minimum atomic E-state index is 0.0109. The average Bonchev–Trinajstić information content (AvgIpc) is 3.23. The molecule has 0 aliphatic carbocycles. The summed E-state index contributed by atoms with van der Waals surface area (Å²) in [5, 5.41) is 8.02. The van der Waals surface area contributed by atoms with Crippen molar-refractivity contribution in [3.05, 3.63) is 42.1 Å². The second-order valence-electron chi connectivity index (χ2n) is 7.42. The van der Waals surface area contributed by atoms with Crippen molar-refractivity contribution < 1.29 is 9.21 Å². The summed E-state index contributed by atoms with van der Waals surface area (Å²) in [7, 11) is 0. The van der Waals surface area contributed by atoms with Crippen molar-refractivity contribution >= 4 is 5.91 Å². The average molecular weight is 330 g/mol. The van der Waals surface area contributed by atoms with Gasteiger partial charge in [0.15, 0.2) is 0 Å². The van der Waals surface area contributed by atoms with Gasteiger partial charge in [0.1, 0.15) is 6.26 Å². The highest BCUT2D eigenvalue weighted by Gasteiger charge is 2.24. The van der Waals surface area contributed by atoms with E-state index in [1.807, 2.05) is 15.8 Å². The lowest BCUT2D eigenvalue weighted by atomic mass is 10.0. The molecule has 3 rings (SSSR count). The number of carbonyl (C=O) groups is 1. The Morgan fingerprint density at radius 1 is 1.38 bits per heavy atom. The predicted octanol–water partition coefficient (Wildman–Crippen LogP) is 2.63. The lowest BCUT2D eigenvalue weighted by Gasteiger charge is -2.32. The summed E-state index contributed by atoms with van der Waals surface area (Å²) in [5.41, 5.74) is 1.84. The molecule has 130 valence electrons. The topological polar surface area (TPSA) is 63.3 Å². The van der Waals surface area contributed by atoms with Gasteiger partial charge in [-0.05, 0) is 39.7 Å². The number of nitrogens with one attached hydrogen (secondary N) is 1. The van der Waals surface area contributed by atoms with Crippen molar-refractivity contribution in [1.29, 1.82) is 0 Å².